The second-order valence-electron chi connectivity index (χ2n) is 4.22. The van der Waals surface area contributed by atoms with Crippen molar-refractivity contribution in [1.82, 2.24) is 0 Å². The van der Waals surface area contributed by atoms with Gasteiger partial charge in [-0.3, -0.25) is 0 Å². The molecule has 2 nitrogen and oxygen atoms in total. The van der Waals surface area contributed by atoms with Gasteiger partial charge in [-0.1, -0.05) is 52.4 Å². The lowest BCUT2D eigenvalue weighted by atomic mass is 9.81. The number of hydrogen-bond acceptors (Lipinski definition) is 2. The van der Waals surface area contributed by atoms with Gasteiger partial charge in [0.15, 0.2) is 0 Å². The quantitative estimate of drug-likeness (QED) is 0.559. The Labute approximate surface area is 93.9 Å². The van der Waals surface area contributed by atoms with Gasteiger partial charge in [-0.25, -0.2) is 0 Å². The average molecular weight is 206 g/mol. The first-order chi connectivity index (χ1) is 7.24. The molecule has 0 aromatic carbocycles. The highest BCUT2D eigenvalue weighted by molar-refractivity contribution is 5.12. The number of rotatable bonds is 8. The Morgan fingerprint density at radius 1 is 0.800 bits per heavy atom. The standard InChI is InChI=1S/C13H22N2/c1-3-5-6-7-8-10-13(11-14,12-15)9-4-2/h3-10H2,1-2H3. The van der Waals surface area contributed by atoms with Crippen LogP contribution in [0.2, 0.25) is 0 Å². The zero-order valence-electron chi connectivity index (χ0n) is 10.1. The first-order valence-corrected chi connectivity index (χ1v) is 6.07. The molecule has 0 heterocycles. The van der Waals surface area contributed by atoms with E-state index in [2.05, 4.69) is 19.1 Å². The molecule has 0 N–H and O–H groups in total. The lowest BCUT2D eigenvalue weighted by Crippen LogP contribution is -2.15. The SMILES string of the molecule is CCCCCCCC(C#N)(C#N)CCC. The molecule has 0 rings (SSSR count). The molecule has 0 saturated heterocycles. The van der Waals surface area contributed by atoms with Crippen LogP contribution in [0.5, 0.6) is 0 Å². The van der Waals surface area contributed by atoms with Gasteiger partial charge in [0.05, 0.1) is 12.1 Å². The maximum atomic E-state index is 9.04. The van der Waals surface area contributed by atoms with Crippen LogP contribution in [0.15, 0.2) is 0 Å². The van der Waals surface area contributed by atoms with Crippen molar-refractivity contribution in [3.8, 4) is 12.1 Å². The summed E-state index contributed by atoms with van der Waals surface area (Å²) >= 11 is 0. The molecule has 0 aromatic rings. The fourth-order valence-corrected chi connectivity index (χ4v) is 1.83. The van der Waals surface area contributed by atoms with Gasteiger partial charge >= 0.3 is 0 Å². The monoisotopic (exact) mass is 206 g/mol. The van der Waals surface area contributed by atoms with Crippen molar-refractivity contribution in [1.29, 1.82) is 10.5 Å². The number of unbranched alkanes of at least 4 members (excludes halogenated alkanes) is 4. The van der Waals surface area contributed by atoms with E-state index in [-0.39, 0.29) is 0 Å². The Morgan fingerprint density at radius 3 is 1.87 bits per heavy atom. The Balaban J connectivity index is 3.88. The fourth-order valence-electron chi connectivity index (χ4n) is 1.83. The van der Waals surface area contributed by atoms with Crippen LogP contribution < -0.4 is 0 Å². The van der Waals surface area contributed by atoms with E-state index in [1.165, 1.54) is 19.3 Å². The van der Waals surface area contributed by atoms with Gasteiger partial charge in [-0.15, -0.1) is 0 Å². The highest BCUT2D eigenvalue weighted by Gasteiger charge is 2.27. The van der Waals surface area contributed by atoms with E-state index in [1.807, 2.05) is 6.92 Å². The van der Waals surface area contributed by atoms with Crippen molar-refractivity contribution in [2.24, 2.45) is 5.41 Å². The minimum atomic E-state index is -0.707. The smallest absolute Gasteiger partial charge is 0.143 e. The summed E-state index contributed by atoms with van der Waals surface area (Å²) in [6, 6.07) is 4.39. The molecule has 0 radical (unpaired) electrons. The third-order valence-corrected chi connectivity index (χ3v) is 2.81. The molecule has 0 spiro atoms. The van der Waals surface area contributed by atoms with Crippen LogP contribution >= 0.6 is 0 Å². The summed E-state index contributed by atoms with van der Waals surface area (Å²) in [5.74, 6) is 0. The van der Waals surface area contributed by atoms with Gasteiger partial charge in [0.1, 0.15) is 5.41 Å². The molecule has 2 heteroatoms. The molecule has 0 atom stereocenters. The predicted molar refractivity (Wildman–Crippen MR) is 61.9 cm³/mol. The maximum absolute atomic E-state index is 9.04. The van der Waals surface area contributed by atoms with Crippen LogP contribution in [0.3, 0.4) is 0 Å². The van der Waals surface area contributed by atoms with E-state index in [0.717, 1.165) is 25.7 Å². The van der Waals surface area contributed by atoms with E-state index in [1.54, 1.807) is 0 Å². The summed E-state index contributed by atoms with van der Waals surface area (Å²) in [4.78, 5) is 0. The van der Waals surface area contributed by atoms with E-state index in [4.69, 9.17) is 10.5 Å². The highest BCUT2D eigenvalue weighted by atomic mass is 14.4. The van der Waals surface area contributed by atoms with Crippen molar-refractivity contribution in [2.45, 2.75) is 65.2 Å². The van der Waals surface area contributed by atoms with Gasteiger partial charge in [-0.2, -0.15) is 10.5 Å². The number of nitrogens with zero attached hydrogens (tertiary/aromatic N) is 2. The minimum absolute atomic E-state index is 0.707. The fraction of sp³-hybridized carbons (Fsp3) is 0.846. The van der Waals surface area contributed by atoms with Crippen molar-refractivity contribution in [2.75, 3.05) is 0 Å². The summed E-state index contributed by atoms with van der Waals surface area (Å²) in [6.45, 7) is 4.21. The normalized spacial score (nSPS) is 10.7. The Bertz CT molecular complexity index is 218. The van der Waals surface area contributed by atoms with Gasteiger partial charge in [0, 0.05) is 0 Å². The van der Waals surface area contributed by atoms with Crippen molar-refractivity contribution in [3.05, 3.63) is 0 Å². The van der Waals surface area contributed by atoms with Crippen molar-refractivity contribution < 1.29 is 0 Å². The van der Waals surface area contributed by atoms with E-state index < -0.39 is 5.41 Å². The average Bonchev–Trinajstić information content (AvgIpc) is 2.27. The van der Waals surface area contributed by atoms with E-state index in [0.29, 0.717) is 6.42 Å². The van der Waals surface area contributed by atoms with Crippen LogP contribution in [0.25, 0.3) is 0 Å². The molecule has 0 saturated carbocycles. The van der Waals surface area contributed by atoms with Gasteiger partial charge in [0.2, 0.25) is 0 Å². The van der Waals surface area contributed by atoms with E-state index in [9.17, 15) is 0 Å². The lowest BCUT2D eigenvalue weighted by Gasteiger charge is -2.16. The van der Waals surface area contributed by atoms with Crippen molar-refractivity contribution in [3.63, 3.8) is 0 Å². The molecule has 0 aliphatic heterocycles. The molecule has 0 aliphatic carbocycles. The van der Waals surface area contributed by atoms with Crippen LogP contribution in [0, 0.1) is 28.1 Å². The summed E-state index contributed by atoms with van der Waals surface area (Å²) in [6.07, 6.45) is 8.28. The third-order valence-electron chi connectivity index (χ3n) is 2.81. The van der Waals surface area contributed by atoms with Crippen LogP contribution in [-0.2, 0) is 0 Å². The van der Waals surface area contributed by atoms with E-state index >= 15 is 0 Å². The van der Waals surface area contributed by atoms with Gasteiger partial charge < -0.3 is 0 Å². The molecule has 0 bridgehead atoms. The molecule has 0 amide bonds. The first kappa shape index (κ1) is 14.0. The zero-order chi connectivity index (χ0) is 11.6. The number of nitriles is 2. The molecule has 0 aromatic heterocycles. The van der Waals surface area contributed by atoms with Gasteiger partial charge in [0.25, 0.3) is 0 Å². The second kappa shape index (κ2) is 8.30. The molecule has 84 valence electrons. The summed E-state index contributed by atoms with van der Waals surface area (Å²) < 4.78 is 0. The maximum Gasteiger partial charge on any atom is 0.143 e. The third kappa shape index (κ3) is 5.43. The molecule has 0 unspecified atom stereocenters. The molecular formula is C13H22N2. The Morgan fingerprint density at radius 2 is 1.40 bits per heavy atom. The van der Waals surface area contributed by atoms with Gasteiger partial charge in [-0.05, 0) is 12.8 Å². The highest BCUT2D eigenvalue weighted by Crippen LogP contribution is 2.29. The summed E-state index contributed by atoms with van der Waals surface area (Å²) in [7, 11) is 0. The zero-order valence-corrected chi connectivity index (χ0v) is 10.1. The van der Waals surface area contributed by atoms with Crippen LogP contribution in [-0.4, -0.2) is 0 Å². The van der Waals surface area contributed by atoms with Crippen LogP contribution in [0.1, 0.15) is 65.2 Å². The molecule has 0 aliphatic rings. The Kier molecular flexibility index (Phi) is 7.74. The lowest BCUT2D eigenvalue weighted by molar-refractivity contribution is 0.408. The second-order valence-corrected chi connectivity index (χ2v) is 4.22. The van der Waals surface area contributed by atoms with Crippen molar-refractivity contribution >= 4 is 0 Å². The Hall–Kier alpha value is -1.02. The molecule has 15 heavy (non-hydrogen) atoms. The summed E-state index contributed by atoms with van der Waals surface area (Å²) in [5.41, 5.74) is -0.707. The van der Waals surface area contributed by atoms with Crippen LogP contribution in [0.4, 0.5) is 0 Å². The minimum Gasteiger partial charge on any atom is -0.197 e. The largest absolute Gasteiger partial charge is 0.197 e. The summed E-state index contributed by atoms with van der Waals surface area (Å²) in [5, 5.41) is 18.1. The first-order valence-electron chi connectivity index (χ1n) is 6.07. The molecule has 0 fully saturated rings. The predicted octanol–water partition coefficient (Wildman–Crippen LogP) is 4.18. The molecular weight excluding hydrogens is 184 g/mol. The number of hydrogen-bond donors (Lipinski definition) is 0. The topological polar surface area (TPSA) is 47.6 Å².